The van der Waals surface area contributed by atoms with Gasteiger partial charge in [0.1, 0.15) is 8.42 Å². The predicted octanol–water partition coefficient (Wildman–Crippen LogP) is -1.22. The Morgan fingerprint density at radius 1 is 0.821 bits per heavy atom. The molecule has 3 rings (SSSR count). The van der Waals surface area contributed by atoms with Crippen LogP contribution in [0, 0.1) is 0 Å². The second-order valence-electron chi connectivity index (χ2n) is 5.16. The Kier molecular flexibility index (Phi) is 7.86. The van der Waals surface area contributed by atoms with Gasteiger partial charge in [-0.1, -0.05) is 12.1 Å². The number of carboxylic acids is 1. The largest absolute Gasteiger partial charge is 1.00 e. The Labute approximate surface area is 212 Å². The average molecular weight is 483 g/mol. The number of aromatic carboxylic acids is 1. The van der Waals surface area contributed by atoms with E-state index < -0.39 is 26.0 Å². The summed E-state index contributed by atoms with van der Waals surface area (Å²) in [5.41, 5.74) is -0.617. The third kappa shape index (κ3) is 5.64. The third-order valence-corrected chi connectivity index (χ3v) is 8.75. The molecular weight excluding hydrogens is 472 g/mol. The standard InChI is InChI=1S/C15H12N2O6S4.K/c18-15(19)10-7-11(16-26(20,21)13-3-1-5-24-13)9-12(8-10)17-27(22,23)14-4-2-6-25-14;/h1-9,16-17H,(H,18,19);/q;+1/p-1. The van der Waals surface area contributed by atoms with Gasteiger partial charge in [-0.25, -0.2) is 16.8 Å². The molecule has 2 aromatic heterocycles. The Hall–Kier alpha value is -0.774. The fourth-order valence-corrected chi connectivity index (χ4v) is 6.17. The van der Waals surface area contributed by atoms with Gasteiger partial charge >= 0.3 is 51.4 Å². The topological polar surface area (TPSA) is 132 Å². The zero-order chi connectivity index (χ0) is 19.7. The summed E-state index contributed by atoms with van der Waals surface area (Å²) in [6.45, 7) is 0. The maximum atomic E-state index is 12.3. The van der Waals surface area contributed by atoms with Crippen LogP contribution in [0.2, 0.25) is 0 Å². The van der Waals surface area contributed by atoms with Gasteiger partial charge in [0.05, 0.1) is 17.3 Å². The molecule has 3 aromatic rings. The molecule has 0 amide bonds. The second-order valence-corrected chi connectivity index (χ2v) is 10.9. The van der Waals surface area contributed by atoms with E-state index in [-0.39, 0.29) is 76.7 Å². The van der Waals surface area contributed by atoms with Crippen molar-refractivity contribution in [3.63, 3.8) is 0 Å². The van der Waals surface area contributed by atoms with Crippen molar-refractivity contribution in [1.29, 1.82) is 0 Å². The molecule has 13 heteroatoms. The van der Waals surface area contributed by atoms with E-state index in [4.69, 9.17) is 0 Å². The summed E-state index contributed by atoms with van der Waals surface area (Å²) < 4.78 is 53.8. The van der Waals surface area contributed by atoms with Crippen LogP contribution in [-0.4, -0.2) is 22.8 Å². The first-order valence-corrected chi connectivity index (χ1v) is 11.9. The fraction of sp³-hybridized carbons (Fsp3) is 0. The van der Waals surface area contributed by atoms with E-state index >= 15 is 0 Å². The number of benzene rings is 1. The van der Waals surface area contributed by atoms with Crippen LogP contribution in [-0.2, 0) is 20.0 Å². The van der Waals surface area contributed by atoms with Gasteiger partial charge in [0.15, 0.2) is 0 Å². The molecule has 1 aromatic carbocycles. The van der Waals surface area contributed by atoms with Gasteiger partial charge in [0.2, 0.25) is 0 Å². The number of anilines is 2. The molecule has 0 fully saturated rings. The summed E-state index contributed by atoms with van der Waals surface area (Å²) in [4.78, 5) is 11.2. The first kappa shape index (κ1) is 23.5. The van der Waals surface area contributed by atoms with Crippen LogP contribution >= 0.6 is 22.7 Å². The smallest absolute Gasteiger partial charge is 0.545 e. The number of hydrogen-bond donors (Lipinski definition) is 2. The van der Waals surface area contributed by atoms with E-state index in [0.717, 1.165) is 34.8 Å². The van der Waals surface area contributed by atoms with Crippen LogP contribution in [0.5, 0.6) is 0 Å². The van der Waals surface area contributed by atoms with Gasteiger partial charge in [-0.3, -0.25) is 9.44 Å². The summed E-state index contributed by atoms with van der Waals surface area (Å²) in [5, 5.41) is 14.4. The SMILES string of the molecule is O=C([O-])c1cc(NS(=O)(=O)c2cccs2)cc(NS(=O)(=O)c2cccs2)c1.[K+]. The molecule has 0 aliphatic rings. The van der Waals surface area contributed by atoms with Gasteiger partial charge < -0.3 is 9.90 Å². The summed E-state index contributed by atoms with van der Waals surface area (Å²) in [7, 11) is -7.87. The van der Waals surface area contributed by atoms with Gasteiger partial charge in [-0.05, 0) is 41.1 Å². The Balaban J connectivity index is 0.00000280. The maximum Gasteiger partial charge on any atom is 1.00 e. The number of carboxylic acid groups (broad SMARTS) is 1. The van der Waals surface area contributed by atoms with Crippen molar-refractivity contribution in [2.45, 2.75) is 8.42 Å². The van der Waals surface area contributed by atoms with Crippen molar-refractivity contribution in [1.82, 2.24) is 0 Å². The zero-order valence-corrected chi connectivity index (χ0v) is 20.7. The summed E-state index contributed by atoms with van der Waals surface area (Å²) in [5.74, 6) is -1.58. The number of carbonyl (C=O) groups excluding carboxylic acids is 1. The van der Waals surface area contributed by atoms with Crippen molar-refractivity contribution in [2.75, 3.05) is 9.44 Å². The first-order chi connectivity index (χ1) is 12.7. The number of rotatable bonds is 7. The van der Waals surface area contributed by atoms with E-state index in [1.165, 1.54) is 18.2 Å². The predicted molar refractivity (Wildman–Crippen MR) is 101 cm³/mol. The first-order valence-electron chi connectivity index (χ1n) is 7.16. The van der Waals surface area contributed by atoms with Gasteiger partial charge in [-0.15, -0.1) is 22.7 Å². The number of hydrogen-bond acceptors (Lipinski definition) is 8. The maximum absolute atomic E-state index is 12.3. The molecule has 0 aliphatic heterocycles. The summed E-state index contributed by atoms with van der Waals surface area (Å²) >= 11 is 1.97. The molecular formula is C15H11KN2O6S4. The molecule has 8 nitrogen and oxygen atoms in total. The van der Waals surface area contributed by atoms with Gasteiger partial charge in [-0.2, -0.15) is 0 Å². The number of carbonyl (C=O) groups is 1. The third-order valence-electron chi connectivity index (χ3n) is 3.19. The average Bonchev–Trinajstić information content (AvgIpc) is 3.28. The van der Waals surface area contributed by atoms with Crippen LogP contribution in [0.4, 0.5) is 11.4 Å². The van der Waals surface area contributed by atoms with Crippen molar-refractivity contribution < 1.29 is 78.1 Å². The molecule has 0 aliphatic carbocycles. The van der Waals surface area contributed by atoms with Crippen LogP contribution in [0.3, 0.4) is 0 Å². The minimum atomic E-state index is -3.94. The van der Waals surface area contributed by atoms with Gasteiger partial charge in [0.25, 0.3) is 20.0 Å². The Bertz CT molecular complexity index is 1090. The van der Waals surface area contributed by atoms with Crippen molar-refractivity contribution in [3.8, 4) is 0 Å². The minimum absolute atomic E-state index is 0. The number of thiophene rings is 2. The van der Waals surface area contributed by atoms with E-state index in [9.17, 15) is 26.7 Å². The number of sulfonamides is 2. The Morgan fingerprint density at radius 2 is 1.25 bits per heavy atom. The van der Waals surface area contributed by atoms with E-state index in [2.05, 4.69) is 9.44 Å². The molecule has 0 unspecified atom stereocenters. The quantitative estimate of drug-likeness (QED) is 0.406. The van der Waals surface area contributed by atoms with E-state index in [1.54, 1.807) is 22.9 Å². The molecule has 0 saturated heterocycles. The molecule has 28 heavy (non-hydrogen) atoms. The van der Waals surface area contributed by atoms with Crippen LogP contribution in [0.25, 0.3) is 0 Å². The molecule has 0 radical (unpaired) electrons. The second kappa shape index (κ2) is 9.36. The molecule has 0 atom stereocenters. The zero-order valence-electron chi connectivity index (χ0n) is 14.3. The molecule has 2 heterocycles. The summed E-state index contributed by atoms with van der Waals surface area (Å²) in [6.07, 6.45) is 0. The van der Waals surface area contributed by atoms with Crippen molar-refractivity contribution >= 4 is 60.1 Å². The normalized spacial score (nSPS) is 11.4. The molecule has 0 spiro atoms. The van der Waals surface area contributed by atoms with Gasteiger partial charge in [0, 0.05) is 5.56 Å². The Morgan fingerprint density at radius 3 is 1.57 bits per heavy atom. The van der Waals surface area contributed by atoms with Crippen LogP contribution in [0.1, 0.15) is 10.4 Å². The van der Waals surface area contributed by atoms with Crippen LogP contribution in [0.15, 0.2) is 61.6 Å². The summed E-state index contributed by atoms with van der Waals surface area (Å²) in [6, 6.07) is 9.15. The minimum Gasteiger partial charge on any atom is -0.545 e. The monoisotopic (exact) mass is 482 g/mol. The molecule has 2 N–H and O–H groups in total. The number of nitrogens with one attached hydrogen (secondary N) is 2. The molecule has 0 saturated carbocycles. The van der Waals surface area contributed by atoms with Crippen molar-refractivity contribution in [3.05, 3.63) is 58.8 Å². The molecule has 142 valence electrons. The molecule has 0 bridgehead atoms. The van der Waals surface area contributed by atoms with E-state index in [1.807, 2.05) is 0 Å². The fourth-order valence-electron chi connectivity index (χ4n) is 2.11. The van der Waals surface area contributed by atoms with E-state index in [0.29, 0.717) is 0 Å². The van der Waals surface area contributed by atoms with Crippen LogP contribution < -0.4 is 65.9 Å². The van der Waals surface area contributed by atoms with Crippen molar-refractivity contribution in [2.24, 2.45) is 0 Å².